The highest BCUT2D eigenvalue weighted by molar-refractivity contribution is 6.30. The summed E-state index contributed by atoms with van der Waals surface area (Å²) < 4.78 is 0. The van der Waals surface area contributed by atoms with E-state index in [0.717, 1.165) is 0 Å². The van der Waals surface area contributed by atoms with E-state index >= 15 is 0 Å². The first-order valence-corrected chi connectivity index (χ1v) is 6.09. The molecule has 0 bridgehead atoms. The zero-order valence-corrected chi connectivity index (χ0v) is 10.4. The largest absolute Gasteiger partial charge is 0.329 e. The Labute approximate surface area is 110 Å². The minimum atomic E-state index is -0.0753. The predicted octanol–water partition coefficient (Wildman–Crippen LogP) is 2.89. The monoisotopic (exact) mass is 258 g/mol. The Kier molecular flexibility index (Phi) is 2.76. The van der Waals surface area contributed by atoms with E-state index in [4.69, 9.17) is 11.6 Å². The Balaban J connectivity index is 1.84. The van der Waals surface area contributed by atoms with Crippen LogP contribution in [0.25, 0.3) is 0 Å². The van der Waals surface area contributed by atoms with Gasteiger partial charge in [-0.3, -0.25) is 9.78 Å². The van der Waals surface area contributed by atoms with Gasteiger partial charge >= 0.3 is 0 Å². The molecule has 90 valence electrons. The molecule has 0 unspecified atom stereocenters. The van der Waals surface area contributed by atoms with Crippen LogP contribution < -0.4 is 0 Å². The molecule has 3 rings (SSSR count). The normalized spacial score (nSPS) is 13.5. The van der Waals surface area contributed by atoms with Gasteiger partial charge in [-0.25, -0.2) is 0 Å². The van der Waals surface area contributed by atoms with Crippen LogP contribution in [-0.2, 0) is 13.1 Å². The molecule has 1 amide bonds. The molecule has 0 spiro atoms. The van der Waals surface area contributed by atoms with E-state index in [0.29, 0.717) is 23.8 Å². The molecule has 2 aromatic rings. The van der Waals surface area contributed by atoms with Gasteiger partial charge in [-0.05, 0) is 23.3 Å². The number of nitrogens with zero attached hydrogens (tertiary/aromatic N) is 2. The molecule has 1 aliphatic heterocycles. The van der Waals surface area contributed by atoms with Crippen molar-refractivity contribution in [1.82, 2.24) is 9.88 Å². The molecule has 0 N–H and O–H groups in total. The van der Waals surface area contributed by atoms with E-state index in [1.165, 1.54) is 11.1 Å². The molecule has 1 aliphatic rings. The van der Waals surface area contributed by atoms with Gasteiger partial charge in [-0.2, -0.15) is 0 Å². The van der Waals surface area contributed by atoms with Crippen molar-refractivity contribution >= 4 is 17.5 Å². The van der Waals surface area contributed by atoms with Crippen molar-refractivity contribution in [2.75, 3.05) is 0 Å². The maximum absolute atomic E-state index is 12.3. The van der Waals surface area contributed by atoms with Crippen LogP contribution in [0.1, 0.15) is 21.6 Å². The van der Waals surface area contributed by atoms with Crippen LogP contribution >= 0.6 is 11.6 Å². The second-order valence-corrected chi connectivity index (χ2v) is 4.73. The summed E-state index contributed by atoms with van der Waals surface area (Å²) in [5.74, 6) is -0.0753. The number of aromatic nitrogens is 1. The third-order valence-corrected chi connectivity index (χ3v) is 3.30. The number of hydrogen-bond donors (Lipinski definition) is 0. The smallest absolute Gasteiger partial charge is 0.273 e. The van der Waals surface area contributed by atoms with E-state index in [2.05, 4.69) is 4.98 Å². The number of fused-ring (bicyclic) bond motifs is 1. The van der Waals surface area contributed by atoms with Crippen molar-refractivity contribution in [1.29, 1.82) is 0 Å². The molecule has 4 heteroatoms. The summed E-state index contributed by atoms with van der Waals surface area (Å²) in [5, 5.41) is 0.532. The lowest BCUT2D eigenvalue weighted by Crippen LogP contribution is -2.26. The Morgan fingerprint density at radius 3 is 2.44 bits per heavy atom. The standard InChI is InChI=1S/C14H11ClN2O/c15-12-5-6-16-13(7-12)14(18)17-8-10-3-1-2-4-11(10)9-17/h1-7H,8-9H2. The number of carbonyl (C=O) groups is 1. The Morgan fingerprint density at radius 2 is 1.83 bits per heavy atom. The van der Waals surface area contributed by atoms with E-state index in [1.54, 1.807) is 23.2 Å². The molecule has 0 saturated carbocycles. The van der Waals surface area contributed by atoms with Crippen LogP contribution in [0.2, 0.25) is 5.02 Å². The lowest BCUT2D eigenvalue weighted by molar-refractivity contribution is 0.0745. The first-order chi connectivity index (χ1) is 8.74. The average Bonchev–Trinajstić information content (AvgIpc) is 2.81. The van der Waals surface area contributed by atoms with Crippen LogP contribution in [0.3, 0.4) is 0 Å². The number of pyridine rings is 1. The summed E-state index contributed by atoms with van der Waals surface area (Å²) >= 11 is 5.87. The highest BCUT2D eigenvalue weighted by Gasteiger charge is 2.24. The van der Waals surface area contributed by atoms with Crippen molar-refractivity contribution < 1.29 is 4.79 Å². The molecule has 0 radical (unpaired) electrons. The fourth-order valence-electron chi connectivity index (χ4n) is 2.16. The fourth-order valence-corrected chi connectivity index (χ4v) is 2.32. The predicted molar refractivity (Wildman–Crippen MR) is 69.3 cm³/mol. The molecule has 2 heterocycles. The Bertz CT molecular complexity index is 587. The lowest BCUT2D eigenvalue weighted by Gasteiger charge is -2.14. The fraction of sp³-hybridized carbons (Fsp3) is 0.143. The van der Waals surface area contributed by atoms with Gasteiger partial charge in [0.05, 0.1) is 0 Å². The minimum absolute atomic E-state index is 0.0753. The Morgan fingerprint density at radius 1 is 1.17 bits per heavy atom. The molecule has 0 aliphatic carbocycles. The zero-order chi connectivity index (χ0) is 12.5. The number of halogens is 1. The summed E-state index contributed by atoms with van der Waals surface area (Å²) in [6.45, 7) is 1.28. The van der Waals surface area contributed by atoms with Gasteiger partial charge in [0.1, 0.15) is 5.69 Å². The first kappa shape index (κ1) is 11.2. The maximum Gasteiger partial charge on any atom is 0.273 e. The molecular weight excluding hydrogens is 248 g/mol. The molecule has 3 nitrogen and oxygen atoms in total. The van der Waals surface area contributed by atoms with Gasteiger partial charge < -0.3 is 4.90 Å². The van der Waals surface area contributed by atoms with Crippen molar-refractivity contribution in [2.45, 2.75) is 13.1 Å². The molecule has 0 fully saturated rings. The summed E-state index contributed by atoms with van der Waals surface area (Å²) in [4.78, 5) is 18.1. The van der Waals surface area contributed by atoms with Crippen molar-refractivity contribution in [3.63, 3.8) is 0 Å². The van der Waals surface area contributed by atoms with Crippen LogP contribution in [0.5, 0.6) is 0 Å². The van der Waals surface area contributed by atoms with Gasteiger partial charge in [0.2, 0.25) is 0 Å². The zero-order valence-electron chi connectivity index (χ0n) is 9.64. The number of rotatable bonds is 1. The lowest BCUT2D eigenvalue weighted by atomic mass is 10.1. The highest BCUT2D eigenvalue weighted by Crippen LogP contribution is 2.23. The summed E-state index contributed by atoms with van der Waals surface area (Å²) in [6.07, 6.45) is 1.55. The molecule has 0 atom stereocenters. The molecule has 1 aromatic heterocycles. The number of hydrogen-bond acceptors (Lipinski definition) is 2. The topological polar surface area (TPSA) is 33.2 Å². The SMILES string of the molecule is O=C(c1cc(Cl)ccn1)N1Cc2ccccc2C1. The Hall–Kier alpha value is -1.87. The third-order valence-electron chi connectivity index (χ3n) is 3.07. The average molecular weight is 259 g/mol. The molecule has 0 saturated heterocycles. The number of benzene rings is 1. The summed E-state index contributed by atoms with van der Waals surface area (Å²) in [6, 6.07) is 11.3. The van der Waals surface area contributed by atoms with E-state index in [1.807, 2.05) is 24.3 Å². The maximum atomic E-state index is 12.3. The number of carbonyl (C=O) groups excluding carboxylic acids is 1. The van der Waals surface area contributed by atoms with Gasteiger partial charge in [0, 0.05) is 24.3 Å². The van der Waals surface area contributed by atoms with Crippen molar-refractivity contribution in [3.05, 3.63) is 64.4 Å². The van der Waals surface area contributed by atoms with Crippen LogP contribution in [-0.4, -0.2) is 15.8 Å². The van der Waals surface area contributed by atoms with Crippen LogP contribution in [0.15, 0.2) is 42.6 Å². The van der Waals surface area contributed by atoms with E-state index < -0.39 is 0 Å². The third kappa shape index (κ3) is 1.97. The van der Waals surface area contributed by atoms with E-state index in [-0.39, 0.29) is 5.91 Å². The van der Waals surface area contributed by atoms with Crippen LogP contribution in [0.4, 0.5) is 0 Å². The highest BCUT2D eigenvalue weighted by atomic mass is 35.5. The van der Waals surface area contributed by atoms with Gasteiger partial charge in [0.15, 0.2) is 0 Å². The molecule has 1 aromatic carbocycles. The molecular formula is C14H11ClN2O. The summed E-state index contributed by atoms with van der Waals surface area (Å²) in [5.41, 5.74) is 2.80. The van der Waals surface area contributed by atoms with Crippen LogP contribution in [0, 0.1) is 0 Å². The van der Waals surface area contributed by atoms with Gasteiger partial charge in [-0.15, -0.1) is 0 Å². The second kappa shape index (κ2) is 4.42. The first-order valence-electron chi connectivity index (χ1n) is 5.71. The quantitative estimate of drug-likeness (QED) is 0.788. The molecule has 18 heavy (non-hydrogen) atoms. The van der Waals surface area contributed by atoms with Crippen molar-refractivity contribution in [3.8, 4) is 0 Å². The second-order valence-electron chi connectivity index (χ2n) is 4.29. The number of amides is 1. The van der Waals surface area contributed by atoms with Gasteiger partial charge in [-0.1, -0.05) is 35.9 Å². The van der Waals surface area contributed by atoms with Gasteiger partial charge in [0.25, 0.3) is 5.91 Å². The summed E-state index contributed by atoms with van der Waals surface area (Å²) in [7, 11) is 0. The minimum Gasteiger partial charge on any atom is -0.329 e. The van der Waals surface area contributed by atoms with Crippen molar-refractivity contribution in [2.24, 2.45) is 0 Å². The van der Waals surface area contributed by atoms with E-state index in [9.17, 15) is 4.79 Å².